The number of nitrogens with zero attached hydrogens (tertiary/aromatic N) is 5. The fourth-order valence-electron chi connectivity index (χ4n) is 2.52. The number of rotatable bonds is 7. The zero-order valence-electron chi connectivity index (χ0n) is 14.8. The van der Waals surface area contributed by atoms with Crippen LogP contribution in [-0.4, -0.2) is 81.3 Å². The highest BCUT2D eigenvalue weighted by Gasteiger charge is 2.20. The van der Waals surface area contributed by atoms with Crippen molar-refractivity contribution in [2.24, 2.45) is 4.99 Å². The molecule has 1 aliphatic heterocycles. The first-order valence-corrected chi connectivity index (χ1v) is 10.2. The van der Waals surface area contributed by atoms with Gasteiger partial charge in [-0.2, -0.15) is 0 Å². The number of nitrogens with one attached hydrogen (secondary N) is 2. The molecule has 1 fully saturated rings. The molecule has 10 heteroatoms. The highest BCUT2D eigenvalue weighted by atomic mass is 32.2. The summed E-state index contributed by atoms with van der Waals surface area (Å²) in [5.41, 5.74) is 0. The molecule has 0 amide bonds. The quantitative estimate of drug-likeness (QED) is 0.379. The molecule has 9 nitrogen and oxygen atoms in total. The van der Waals surface area contributed by atoms with E-state index in [4.69, 9.17) is 0 Å². The zero-order valence-corrected chi connectivity index (χ0v) is 15.7. The molecule has 25 heavy (non-hydrogen) atoms. The summed E-state index contributed by atoms with van der Waals surface area (Å²) in [7, 11) is -1.36. The summed E-state index contributed by atoms with van der Waals surface area (Å²) < 4.78 is 25.3. The lowest BCUT2D eigenvalue weighted by atomic mass is 10.3. The van der Waals surface area contributed by atoms with Crippen LogP contribution in [0.3, 0.4) is 0 Å². The SMILES string of the molecule is CCS(=O)(=O)NCCCNC(=NC)N1CCN(c2ncccn2)CC1. The van der Waals surface area contributed by atoms with Gasteiger partial charge >= 0.3 is 0 Å². The van der Waals surface area contributed by atoms with Crippen molar-refractivity contribution in [1.29, 1.82) is 0 Å². The van der Waals surface area contributed by atoms with Crippen LogP contribution in [0.2, 0.25) is 0 Å². The summed E-state index contributed by atoms with van der Waals surface area (Å²) >= 11 is 0. The molecule has 0 radical (unpaired) electrons. The number of piperazine rings is 1. The van der Waals surface area contributed by atoms with Gasteiger partial charge in [0.15, 0.2) is 5.96 Å². The normalized spacial score (nSPS) is 16.2. The van der Waals surface area contributed by atoms with Crippen LogP contribution in [-0.2, 0) is 10.0 Å². The number of guanidine groups is 1. The van der Waals surface area contributed by atoms with Crippen LogP contribution in [0, 0.1) is 0 Å². The number of sulfonamides is 1. The fourth-order valence-corrected chi connectivity index (χ4v) is 3.18. The first-order chi connectivity index (χ1) is 12.1. The van der Waals surface area contributed by atoms with E-state index in [-0.39, 0.29) is 5.75 Å². The van der Waals surface area contributed by atoms with Gasteiger partial charge in [-0.1, -0.05) is 0 Å². The van der Waals surface area contributed by atoms with Crippen LogP contribution in [0.4, 0.5) is 5.95 Å². The molecule has 2 heterocycles. The minimum atomic E-state index is -3.11. The van der Waals surface area contributed by atoms with Crippen molar-refractivity contribution >= 4 is 21.9 Å². The van der Waals surface area contributed by atoms with E-state index in [9.17, 15) is 8.42 Å². The Morgan fingerprint density at radius 2 is 1.88 bits per heavy atom. The first kappa shape index (κ1) is 19.4. The smallest absolute Gasteiger partial charge is 0.225 e. The van der Waals surface area contributed by atoms with Gasteiger partial charge in [-0.3, -0.25) is 4.99 Å². The van der Waals surface area contributed by atoms with Crippen LogP contribution in [0.5, 0.6) is 0 Å². The number of aromatic nitrogens is 2. The van der Waals surface area contributed by atoms with Crippen molar-refractivity contribution in [3.8, 4) is 0 Å². The zero-order chi connectivity index (χ0) is 18.1. The highest BCUT2D eigenvalue weighted by molar-refractivity contribution is 7.89. The van der Waals surface area contributed by atoms with Crippen molar-refractivity contribution < 1.29 is 8.42 Å². The highest BCUT2D eigenvalue weighted by Crippen LogP contribution is 2.09. The summed E-state index contributed by atoms with van der Waals surface area (Å²) in [5.74, 6) is 1.71. The van der Waals surface area contributed by atoms with Gasteiger partial charge in [-0.15, -0.1) is 0 Å². The molecule has 0 aromatic carbocycles. The van der Waals surface area contributed by atoms with E-state index in [2.05, 4.69) is 34.8 Å². The Kier molecular flexibility index (Phi) is 7.38. The van der Waals surface area contributed by atoms with E-state index < -0.39 is 10.0 Å². The van der Waals surface area contributed by atoms with Crippen molar-refractivity contribution in [2.45, 2.75) is 13.3 Å². The molecular formula is C15H27N7O2S. The van der Waals surface area contributed by atoms with Crippen LogP contribution < -0.4 is 14.9 Å². The first-order valence-electron chi connectivity index (χ1n) is 8.50. The maximum atomic E-state index is 11.4. The largest absolute Gasteiger partial charge is 0.356 e. The molecule has 0 aliphatic carbocycles. The number of aliphatic imine (C=N–C) groups is 1. The van der Waals surface area contributed by atoms with E-state index in [1.807, 2.05) is 6.07 Å². The van der Waals surface area contributed by atoms with E-state index >= 15 is 0 Å². The lowest BCUT2D eigenvalue weighted by Gasteiger charge is -2.36. The standard InChI is InChI=1S/C15H27N7O2S/c1-3-25(23,24)20-9-5-8-17-14(16-2)21-10-12-22(13-11-21)15-18-6-4-7-19-15/h4,6-7,20H,3,5,8-13H2,1-2H3,(H,16,17). The monoisotopic (exact) mass is 369 g/mol. The van der Waals surface area contributed by atoms with Gasteiger partial charge in [0.2, 0.25) is 16.0 Å². The molecule has 1 aliphatic rings. The minimum Gasteiger partial charge on any atom is -0.356 e. The third-order valence-corrected chi connectivity index (χ3v) is 5.37. The number of hydrogen-bond donors (Lipinski definition) is 2. The Hall–Kier alpha value is -1.94. The van der Waals surface area contributed by atoms with Crippen molar-refractivity contribution in [2.75, 3.05) is 57.0 Å². The van der Waals surface area contributed by atoms with Gasteiger partial charge in [-0.05, 0) is 19.4 Å². The predicted octanol–water partition coefficient (Wildman–Crippen LogP) is -0.497. The second kappa shape index (κ2) is 9.52. The summed E-state index contributed by atoms with van der Waals surface area (Å²) in [6, 6.07) is 1.81. The van der Waals surface area contributed by atoms with Gasteiger partial charge in [0, 0.05) is 58.7 Å². The van der Waals surface area contributed by atoms with Gasteiger partial charge in [0.05, 0.1) is 5.75 Å². The minimum absolute atomic E-state index is 0.109. The topological polar surface area (TPSA) is 103 Å². The number of hydrogen-bond acceptors (Lipinski definition) is 6. The summed E-state index contributed by atoms with van der Waals surface area (Å²) in [4.78, 5) is 17.2. The average molecular weight is 369 g/mol. The van der Waals surface area contributed by atoms with Crippen molar-refractivity contribution in [1.82, 2.24) is 24.9 Å². The van der Waals surface area contributed by atoms with Crippen LogP contribution in [0.25, 0.3) is 0 Å². The predicted molar refractivity (Wildman–Crippen MR) is 99.3 cm³/mol. The Morgan fingerprint density at radius 3 is 2.48 bits per heavy atom. The molecule has 2 rings (SSSR count). The van der Waals surface area contributed by atoms with E-state index in [1.54, 1.807) is 26.4 Å². The third kappa shape index (κ3) is 6.13. The molecule has 0 atom stereocenters. The molecular weight excluding hydrogens is 342 g/mol. The Labute approximate surface area is 149 Å². The molecule has 2 N–H and O–H groups in total. The average Bonchev–Trinajstić information content (AvgIpc) is 2.65. The lowest BCUT2D eigenvalue weighted by molar-refractivity contribution is 0.370. The van der Waals surface area contributed by atoms with E-state index in [0.29, 0.717) is 19.5 Å². The molecule has 140 valence electrons. The van der Waals surface area contributed by atoms with Crippen LogP contribution in [0.15, 0.2) is 23.5 Å². The second-order valence-corrected chi connectivity index (χ2v) is 7.74. The van der Waals surface area contributed by atoms with Crippen molar-refractivity contribution in [3.05, 3.63) is 18.5 Å². The molecule has 0 spiro atoms. The van der Waals surface area contributed by atoms with Gasteiger partial charge in [0.1, 0.15) is 0 Å². The maximum Gasteiger partial charge on any atom is 0.225 e. The molecule has 1 aromatic rings. The number of anilines is 1. The van der Waals surface area contributed by atoms with E-state index in [0.717, 1.165) is 38.1 Å². The summed E-state index contributed by atoms with van der Waals surface area (Å²) in [6.07, 6.45) is 4.21. The lowest BCUT2D eigenvalue weighted by Crippen LogP contribution is -2.53. The molecule has 0 bridgehead atoms. The molecule has 1 aromatic heterocycles. The Bertz CT molecular complexity index is 643. The summed E-state index contributed by atoms with van der Waals surface area (Å²) in [6.45, 7) is 6.06. The molecule has 0 unspecified atom stereocenters. The van der Waals surface area contributed by atoms with Crippen LogP contribution >= 0.6 is 0 Å². The van der Waals surface area contributed by atoms with Gasteiger partial charge in [0.25, 0.3) is 0 Å². The van der Waals surface area contributed by atoms with Crippen LogP contribution in [0.1, 0.15) is 13.3 Å². The maximum absolute atomic E-state index is 11.4. The Morgan fingerprint density at radius 1 is 1.20 bits per heavy atom. The second-order valence-electron chi connectivity index (χ2n) is 5.65. The fraction of sp³-hybridized carbons (Fsp3) is 0.667. The summed E-state index contributed by atoms with van der Waals surface area (Å²) in [5, 5.41) is 3.29. The molecule has 1 saturated heterocycles. The van der Waals surface area contributed by atoms with Gasteiger partial charge in [-0.25, -0.2) is 23.1 Å². The van der Waals surface area contributed by atoms with E-state index in [1.165, 1.54) is 0 Å². The van der Waals surface area contributed by atoms with Gasteiger partial charge < -0.3 is 15.1 Å². The third-order valence-electron chi connectivity index (χ3n) is 3.96. The van der Waals surface area contributed by atoms with Crippen molar-refractivity contribution in [3.63, 3.8) is 0 Å². The molecule has 0 saturated carbocycles. The Balaban J connectivity index is 1.72.